The summed E-state index contributed by atoms with van der Waals surface area (Å²) in [6.45, 7) is 12.5. The maximum absolute atomic E-state index is 11.6. The van der Waals surface area contributed by atoms with E-state index < -0.39 is 0 Å². The van der Waals surface area contributed by atoms with Gasteiger partial charge in [0.2, 0.25) is 5.91 Å². The first kappa shape index (κ1) is 19.8. The second kappa shape index (κ2) is 9.41. The second-order valence-corrected chi connectivity index (χ2v) is 4.92. The van der Waals surface area contributed by atoms with Gasteiger partial charge in [0.25, 0.3) is 0 Å². The van der Waals surface area contributed by atoms with Gasteiger partial charge in [-0.2, -0.15) is 0 Å². The van der Waals surface area contributed by atoms with Gasteiger partial charge >= 0.3 is 0 Å². The van der Waals surface area contributed by atoms with E-state index in [4.69, 9.17) is 5.73 Å². The Morgan fingerprint density at radius 3 is 2.17 bits per heavy atom. The van der Waals surface area contributed by atoms with Gasteiger partial charge in [-0.25, -0.2) is 0 Å². The van der Waals surface area contributed by atoms with Crippen molar-refractivity contribution in [3.05, 3.63) is 0 Å². The van der Waals surface area contributed by atoms with Crippen LogP contribution in [0.3, 0.4) is 0 Å². The van der Waals surface area contributed by atoms with Gasteiger partial charge in [0, 0.05) is 25.0 Å². The van der Waals surface area contributed by atoms with Crippen molar-refractivity contribution in [3.8, 4) is 0 Å². The lowest BCUT2D eigenvalue weighted by atomic mass is 9.96. The lowest BCUT2D eigenvalue weighted by molar-refractivity contribution is -0.128. The summed E-state index contributed by atoms with van der Waals surface area (Å²) in [5.74, 6) is 0.578. The van der Waals surface area contributed by atoms with Crippen molar-refractivity contribution in [2.24, 2.45) is 16.1 Å². The Bertz CT molecular complexity index is 270. The molecule has 0 bridgehead atoms. The highest BCUT2D eigenvalue weighted by Crippen LogP contribution is 2.11. The third-order valence-corrected chi connectivity index (χ3v) is 2.44. The number of nitrogens with one attached hydrogen (secondary N) is 1. The van der Waals surface area contributed by atoms with Gasteiger partial charge in [-0.1, -0.05) is 20.8 Å². The number of hydrogen-bond acceptors (Lipinski definition) is 2. The van der Waals surface area contributed by atoms with Crippen molar-refractivity contribution in [1.29, 1.82) is 0 Å². The molecule has 18 heavy (non-hydrogen) atoms. The minimum Gasteiger partial charge on any atom is -0.370 e. The molecular formula is C12H27IN4O. The van der Waals surface area contributed by atoms with Crippen LogP contribution in [0, 0.1) is 5.41 Å². The summed E-state index contributed by atoms with van der Waals surface area (Å²) >= 11 is 0. The first-order chi connectivity index (χ1) is 7.82. The van der Waals surface area contributed by atoms with Crippen LogP contribution in [0.1, 0.15) is 34.6 Å². The maximum atomic E-state index is 11.6. The third kappa shape index (κ3) is 7.73. The molecular weight excluding hydrogens is 343 g/mol. The Kier molecular flexibility index (Phi) is 10.3. The van der Waals surface area contributed by atoms with E-state index in [0.717, 1.165) is 13.1 Å². The first-order valence-corrected chi connectivity index (χ1v) is 6.16. The molecule has 0 saturated heterocycles. The van der Waals surface area contributed by atoms with Crippen LogP contribution < -0.4 is 11.1 Å². The summed E-state index contributed by atoms with van der Waals surface area (Å²) in [4.78, 5) is 17.8. The zero-order chi connectivity index (χ0) is 13.5. The van der Waals surface area contributed by atoms with Gasteiger partial charge in [0.1, 0.15) is 0 Å². The molecule has 0 unspecified atom stereocenters. The van der Waals surface area contributed by atoms with Crippen molar-refractivity contribution in [3.63, 3.8) is 0 Å². The Labute approximate surface area is 128 Å². The summed E-state index contributed by atoms with van der Waals surface area (Å²) < 4.78 is 0. The van der Waals surface area contributed by atoms with Crippen molar-refractivity contribution < 1.29 is 4.79 Å². The molecule has 0 atom stereocenters. The molecule has 0 aromatic rings. The minimum absolute atomic E-state index is 0. The van der Waals surface area contributed by atoms with Crippen LogP contribution in [-0.2, 0) is 4.79 Å². The van der Waals surface area contributed by atoms with Crippen molar-refractivity contribution >= 4 is 35.8 Å². The lowest BCUT2D eigenvalue weighted by Crippen LogP contribution is -2.39. The predicted molar refractivity (Wildman–Crippen MR) is 87.3 cm³/mol. The van der Waals surface area contributed by atoms with Crippen LogP contribution in [0.2, 0.25) is 0 Å². The number of hydrogen-bond donors (Lipinski definition) is 2. The third-order valence-electron chi connectivity index (χ3n) is 2.44. The topological polar surface area (TPSA) is 70.7 Å². The number of nitrogens with zero attached hydrogens (tertiary/aromatic N) is 2. The summed E-state index contributed by atoms with van der Waals surface area (Å²) in [5.41, 5.74) is 5.45. The molecule has 0 aliphatic heterocycles. The van der Waals surface area contributed by atoms with E-state index in [9.17, 15) is 4.79 Å². The van der Waals surface area contributed by atoms with Crippen molar-refractivity contribution in [2.75, 3.05) is 26.2 Å². The molecule has 0 aliphatic carbocycles. The summed E-state index contributed by atoms with van der Waals surface area (Å²) in [7, 11) is 0. The largest absolute Gasteiger partial charge is 0.370 e. The fourth-order valence-electron chi connectivity index (χ4n) is 1.25. The van der Waals surface area contributed by atoms with Crippen LogP contribution in [0.15, 0.2) is 4.99 Å². The van der Waals surface area contributed by atoms with Gasteiger partial charge in [-0.15, -0.1) is 24.0 Å². The number of rotatable bonds is 5. The maximum Gasteiger partial charge on any atom is 0.225 e. The molecule has 0 radical (unpaired) electrons. The Morgan fingerprint density at radius 1 is 1.28 bits per heavy atom. The molecule has 5 nitrogen and oxygen atoms in total. The molecule has 0 aromatic carbocycles. The van der Waals surface area contributed by atoms with E-state index in [0.29, 0.717) is 19.0 Å². The molecule has 0 aliphatic rings. The fraction of sp³-hybridized carbons (Fsp3) is 0.833. The summed E-state index contributed by atoms with van der Waals surface area (Å²) in [6.07, 6.45) is 0. The molecule has 0 heterocycles. The highest BCUT2D eigenvalue weighted by atomic mass is 127. The Balaban J connectivity index is 0. The Hall–Kier alpha value is -0.530. The highest BCUT2D eigenvalue weighted by Gasteiger charge is 2.20. The van der Waals surface area contributed by atoms with Gasteiger partial charge in [0.05, 0.1) is 6.54 Å². The van der Waals surface area contributed by atoms with Gasteiger partial charge < -0.3 is 16.0 Å². The molecule has 1 amide bonds. The smallest absolute Gasteiger partial charge is 0.225 e. The van der Waals surface area contributed by atoms with Gasteiger partial charge in [-0.3, -0.25) is 9.79 Å². The summed E-state index contributed by atoms with van der Waals surface area (Å²) in [5, 5.41) is 2.83. The van der Waals surface area contributed by atoms with Gasteiger partial charge in [-0.05, 0) is 13.8 Å². The lowest BCUT2D eigenvalue weighted by Gasteiger charge is -2.20. The van der Waals surface area contributed by atoms with Crippen LogP contribution in [0.4, 0.5) is 0 Å². The Morgan fingerprint density at radius 2 is 1.78 bits per heavy atom. The molecule has 0 rings (SSSR count). The molecule has 0 saturated carbocycles. The van der Waals surface area contributed by atoms with E-state index in [2.05, 4.69) is 10.3 Å². The van der Waals surface area contributed by atoms with Crippen molar-refractivity contribution in [2.45, 2.75) is 34.6 Å². The van der Waals surface area contributed by atoms with Gasteiger partial charge in [0.15, 0.2) is 5.96 Å². The standard InChI is InChI=1S/C12H26N4O.HI/c1-6-16(7-2)11(13)15-9-8-14-10(17)12(3,4)5;/h6-9H2,1-5H3,(H2,13,15)(H,14,17);1H. The fourth-order valence-corrected chi connectivity index (χ4v) is 1.25. The first-order valence-electron chi connectivity index (χ1n) is 6.16. The quantitative estimate of drug-likeness (QED) is 0.333. The van der Waals surface area contributed by atoms with E-state index in [1.165, 1.54) is 0 Å². The SMILES string of the molecule is CCN(CC)C(N)=NCCNC(=O)C(C)(C)C.I. The van der Waals surface area contributed by atoms with Crippen LogP contribution in [-0.4, -0.2) is 42.9 Å². The molecule has 108 valence electrons. The van der Waals surface area contributed by atoms with E-state index in [1.54, 1.807) is 0 Å². The second-order valence-electron chi connectivity index (χ2n) is 4.92. The average Bonchev–Trinajstić information content (AvgIpc) is 2.24. The number of nitrogens with two attached hydrogens (primary N) is 1. The molecule has 0 spiro atoms. The van der Waals surface area contributed by atoms with E-state index >= 15 is 0 Å². The van der Waals surface area contributed by atoms with Crippen LogP contribution in [0.25, 0.3) is 0 Å². The molecule has 0 aromatic heterocycles. The molecule has 6 heteroatoms. The number of carbonyl (C=O) groups is 1. The number of carbonyl (C=O) groups excluding carboxylic acids is 1. The van der Waals surface area contributed by atoms with Crippen molar-refractivity contribution in [1.82, 2.24) is 10.2 Å². The molecule has 3 N–H and O–H groups in total. The number of amides is 1. The van der Waals surface area contributed by atoms with Crippen LogP contribution in [0.5, 0.6) is 0 Å². The number of halogens is 1. The summed E-state index contributed by atoms with van der Waals surface area (Å²) in [6, 6.07) is 0. The normalized spacial score (nSPS) is 11.7. The predicted octanol–water partition coefficient (Wildman–Crippen LogP) is 1.42. The highest BCUT2D eigenvalue weighted by molar-refractivity contribution is 14.0. The minimum atomic E-state index is -0.353. The van der Waals surface area contributed by atoms with Crippen LogP contribution >= 0.6 is 24.0 Å². The van der Waals surface area contributed by atoms with E-state index in [-0.39, 0.29) is 35.3 Å². The number of aliphatic imine (C=N–C) groups is 1. The number of guanidine groups is 1. The van der Waals surface area contributed by atoms with E-state index in [1.807, 2.05) is 39.5 Å². The molecule has 0 fully saturated rings. The average molecular weight is 370 g/mol. The monoisotopic (exact) mass is 370 g/mol. The zero-order valence-electron chi connectivity index (χ0n) is 12.1. The zero-order valence-corrected chi connectivity index (χ0v) is 14.4.